The van der Waals surface area contributed by atoms with E-state index < -0.39 is 6.23 Å². The van der Waals surface area contributed by atoms with E-state index in [9.17, 15) is 9.90 Å². The molecule has 6 rings (SSSR count). The Morgan fingerprint density at radius 1 is 1.03 bits per heavy atom. The van der Waals surface area contributed by atoms with Crippen molar-refractivity contribution in [3.05, 3.63) is 59.7 Å². The van der Waals surface area contributed by atoms with Crippen LogP contribution in [0.25, 0.3) is 0 Å². The van der Waals surface area contributed by atoms with Crippen molar-refractivity contribution in [2.24, 2.45) is 0 Å². The van der Waals surface area contributed by atoms with E-state index in [2.05, 4.69) is 74.4 Å². The smallest absolute Gasteiger partial charge is 0.231 e. The zero-order valence-corrected chi connectivity index (χ0v) is 20.7. The maximum atomic E-state index is 12.9. The molecule has 186 valence electrons. The average Bonchev–Trinajstić information content (AvgIpc) is 3.37. The summed E-state index contributed by atoms with van der Waals surface area (Å²) in [5, 5.41) is 14.2. The fourth-order valence-corrected chi connectivity index (χ4v) is 6.68. The normalized spacial score (nSPS) is 25.5. The number of fused-ring (bicyclic) bond motifs is 1. The van der Waals surface area contributed by atoms with Gasteiger partial charge < -0.3 is 19.8 Å². The lowest BCUT2D eigenvalue weighted by Crippen LogP contribution is -2.58. The van der Waals surface area contributed by atoms with Gasteiger partial charge in [-0.1, -0.05) is 30.3 Å². The predicted octanol–water partition coefficient (Wildman–Crippen LogP) is 2.39. The summed E-state index contributed by atoms with van der Waals surface area (Å²) in [6.45, 7) is 5.58. The SMILES string of the molecule is CN1CCC(N2C(=O)Cc3cc(CN4CCC5(CC4)C(O)NCN5c4ccccc4)ccc32)CC1. The Bertz CT molecular complexity index is 1060. The summed E-state index contributed by atoms with van der Waals surface area (Å²) in [5.41, 5.74) is 4.51. The van der Waals surface area contributed by atoms with E-state index in [0.717, 1.165) is 64.1 Å². The maximum absolute atomic E-state index is 12.9. The van der Waals surface area contributed by atoms with Crippen molar-refractivity contribution >= 4 is 17.3 Å². The number of rotatable bonds is 4. The molecule has 4 aliphatic rings. The molecule has 1 amide bonds. The molecular formula is C28H37N5O2. The van der Waals surface area contributed by atoms with Crippen molar-refractivity contribution in [3.63, 3.8) is 0 Å². The number of carbonyl (C=O) groups excluding carboxylic acids is 1. The Balaban J connectivity index is 1.12. The van der Waals surface area contributed by atoms with Gasteiger partial charge in [0.2, 0.25) is 5.91 Å². The number of aliphatic hydroxyl groups excluding tert-OH is 1. The Hall–Kier alpha value is -2.45. The summed E-state index contributed by atoms with van der Waals surface area (Å²) in [4.78, 5) is 22.2. The van der Waals surface area contributed by atoms with Gasteiger partial charge in [0.05, 0.1) is 18.6 Å². The molecule has 2 aromatic rings. The molecule has 2 aromatic carbocycles. The first-order valence-corrected chi connectivity index (χ1v) is 13.1. The average molecular weight is 476 g/mol. The van der Waals surface area contributed by atoms with Crippen LogP contribution in [0, 0.1) is 0 Å². The minimum atomic E-state index is -0.513. The van der Waals surface area contributed by atoms with Crippen molar-refractivity contribution < 1.29 is 9.90 Å². The summed E-state index contributed by atoms with van der Waals surface area (Å²) in [6.07, 6.45) is 3.97. The van der Waals surface area contributed by atoms with E-state index in [1.165, 1.54) is 16.8 Å². The van der Waals surface area contributed by atoms with E-state index in [1.807, 2.05) is 6.07 Å². The number of carbonyl (C=O) groups is 1. The Labute approximate surface area is 208 Å². The molecule has 0 aromatic heterocycles. The summed E-state index contributed by atoms with van der Waals surface area (Å²) in [5.74, 6) is 0.260. The van der Waals surface area contributed by atoms with Crippen LogP contribution in [0.15, 0.2) is 48.5 Å². The molecule has 1 atom stereocenters. The van der Waals surface area contributed by atoms with Crippen LogP contribution in [0.4, 0.5) is 11.4 Å². The van der Waals surface area contributed by atoms with Gasteiger partial charge in [0.1, 0.15) is 6.23 Å². The van der Waals surface area contributed by atoms with Crippen molar-refractivity contribution in [2.75, 3.05) is 49.7 Å². The third-order valence-corrected chi connectivity index (χ3v) is 8.75. The highest BCUT2D eigenvalue weighted by molar-refractivity contribution is 6.02. The molecule has 3 fully saturated rings. The monoisotopic (exact) mass is 475 g/mol. The highest BCUT2D eigenvalue weighted by Gasteiger charge is 2.49. The number of piperidine rings is 2. The second-order valence-corrected chi connectivity index (χ2v) is 10.8. The van der Waals surface area contributed by atoms with Gasteiger partial charge in [0.25, 0.3) is 0 Å². The first kappa shape index (κ1) is 23.0. The molecule has 1 spiro atoms. The Morgan fingerprint density at radius 2 is 1.77 bits per heavy atom. The summed E-state index contributed by atoms with van der Waals surface area (Å²) in [6, 6.07) is 17.4. The first-order chi connectivity index (χ1) is 17.0. The summed E-state index contributed by atoms with van der Waals surface area (Å²) in [7, 11) is 2.16. The largest absolute Gasteiger partial charge is 0.376 e. The van der Waals surface area contributed by atoms with Gasteiger partial charge in [-0.05, 0) is 75.1 Å². The van der Waals surface area contributed by atoms with Crippen molar-refractivity contribution in [2.45, 2.75) is 56.5 Å². The minimum Gasteiger partial charge on any atom is -0.376 e. The summed E-state index contributed by atoms with van der Waals surface area (Å²) >= 11 is 0. The second-order valence-electron chi connectivity index (χ2n) is 10.8. The fourth-order valence-electron chi connectivity index (χ4n) is 6.68. The maximum Gasteiger partial charge on any atom is 0.231 e. The first-order valence-electron chi connectivity index (χ1n) is 13.1. The fraction of sp³-hybridized carbons (Fsp3) is 0.536. The van der Waals surface area contributed by atoms with E-state index in [4.69, 9.17) is 0 Å². The lowest BCUT2D eigenvalue weighted by Gasteiger charge is -2.46. The number of nitrogens with one attached hydrogen (secondary N) is 1. The van der Waals surface area contributed by atoms with Crippen LogP contribution in [0.5, 0.6) is 0 Å². The third kappa shape index (κ3) is 4.14. The van der Waals surface area contributed by atoms with Gasteiger partial charge in [0, 0.05) is 37.1 Å². The molecule has 7 heteroatoms. The molecule has 0 saturated carbocycles. The molecule has 3 saturated heterocycles. The van der Waals surface area contributed by atoms with Crippen LogP contribution in [0.3, 0.4) is 0 Å². The molecule has 7 nitrogen and oxygen atoms in total. The molecule has 0 bridgehead atoms. The number of hydrogen-bond acceptors (Lipinski definition) is 6. The van der Waals surface area contributed by atoms with E-state index >= 15 is 0 Å². The number of amides is 1. The third-order valence-electron chi connectivity index (χ3n) is 8.75. The standard InChI is InChI=1S/C28H37N5O2/c1-30-13-9-24(10-14-30)33-25-8-7-21(17-22(25)18-26(33)34)19-31-15-11-28(12-16-31)27(35)29-20-32(28)23-5-3-2-4-6-23/h2-8,17,24,27,29,35H,9-16,18-20H2,1H3. The van der Waals surface area contributed by atoms with Gasteiger partial charge in [-0.25, -0.2) is 0 Å². The van der Waals surface area contributed by atoms with E-state index in [0.29, 0.717) is 19.1 Å². The van der Waals surface area contributed by atoms with Crippen molar-refractivity contribution in [3.8, 4) is 0 Å². The topological polar surface area (TPSA) is 62.3 Å². The molecule has 0 aliphatic carbocycles. The van der Waals surface area contributed by atoms with E-state index in [1.54, 1.807) is 0 Å². The van der Waals surface area contributed by atoms with Crippen LogP contribution >= 0.6 is 0 Å². The van der Waals surface area contributed by atoms with Crippen LogP contribution in [0.2, 0.25) is 0 Å². The number of nitrogens with zero attached hydrogens (tertiary/aromatic N) is 4. The molecule has 0 radical (unpaired) electrons. The predicted molar refractivity (Wildman–Crippen MR) is 138 cm³/mol. The number of anilines is 2. The summed E-state index contributed by atoms with van der Waals surface area (Å²) < 4.78 is 0. The van der Waals surface area contributed by atoms with Gasteiger partial charge in [-0.3, -0.25) is 15.0 Å². The lowest BCUT2D eigenvalue weighted by atomic mass is 9.84. The quantitative estimate of drug-likeness (QED) is 0.708. The van der Waals surface area contributed by atoms with Crippen LogP contribution in [-0.4, -0.2) is 78.5 Å². The van der Waals surface area contributed by atoms with Crippen molar-refractivity contribution in [1.29, 1.82) is 0 Å². The zero-order chi connectivity index (χ0) is 24.0. The zero-order valence-electron chi connectivity index (χ0n) is 20.7. The van der Waals surface area contributed by atoms with E-state index in [-0.39, 0.29) is 11.4 Å². The number of para-hydroxylation sites is 1. The molecular weight excluding hydrogens is 438 g/mol. The molecule has 4 heterocycles. The van der Waals surface area contributed by atoms with Gasteiger partial charge >= 0.3 is 0 Å². The van der Waals surface area contributed by atoms with Gasteiger partial charge in [-0.15, -0.1) is 0 Å². The highest BCUT2D eigenvalue weighted by Crippen LogP contribution is 2.39. The number of aliphatic hydroxyl groups is 1. The molecule has 35 heavy (non-hydrogen) atoms. The van der Waals surface area contributed by atoms with Crippen LogP contribution < -0.4 is 15.1 Å². The number of hydrogen-bond donors (Lipinski definition) is 2. The van der Waals surface area contributed by atoms with Gasteiger partial charge in [-0.2, -0.15) is 0 Å². The molecule has 4 aliphatic heterocycles. The molecule has 1 unspecified atom stereocenters. The second kappa shape index (κ2) is 9.21. The minimum absolute atomic E-state index is 0.253. The number of likely N-dealkylation sites (tertiary alicyclic amines) is 2. The van der Waals surface area contributed by atoms with Crippen LogP contribution in [-0.2, 0) is 17.8 Å². The lowest BCUT2D eigenvalue weighted by molar-refractivity contribution is -0.118. The number of benzene rings is 2. The highest BCUT2D eigenvalue weighted by atomic mass is 16.3. The van der Waals surface area contributed by atoms with Crippen molar-refractivity contribution in [1.82, 2.24) is 15.1 Å². The Kier molecular flexibility index (Phi) is 6.05. The molecule has 2 N–H and O–H groups in total. The van der Waals surface area contributed by atoms with Crippen LogP contribution in [0.1, 0.15) is 36.8 Å². The Morgan fingerprint density at radius 3 is 2.51 bits per heavy atom. The van der Waals surface area contributed by atoms with Gasteiger partial charge in [0.15, 0.2) is 0 Å².